The molecule has 5 nitrogen and oxygen atoms in total. The number of nitrogens with zero attached hydrogens (tertiary/aromatic N) is 1. The highest BCUT2D eigenvalue weighted by Gasteiger charge is 2.30. The van der Waals surface area contributed by atoms with Gasteiger partial charge in [0.2, 0.25) is 0 Å². The van der Waals surface area contributed by atoms with Gasteiger partial charge in [0.05, 0.1) is 6.10 Å². The fraction of sp³-hybridized carbons (Fsp3) is 0.923. The van der Waals surface area contributed by atoms with Crippen LogP contribution in [0.3, 0.4) is 0 Å². The van der Waals surface area contributed by atoms with Crippen LogP contribution in [0.1, 0.15) is 32.6 Å². The molecule has 2 N–H and O–H groups in total. The molecule has 0 saturated carbocycles. The first kappa shape index (κ1) is 15.4. The fourth-order valence-electron chi connectivity index (χ4n) is 2.35. The van der Waals surface area contributed by atoms with Crippen molar-refractivity contribution in [3.8, 4) is 0 Å². The summed E-state index contributed by atoms with van der Waals surface area (Å²) in [5, 5.41) is 12.0. The molecule has 0 spiro atoms. The highest BCUT2D eigenvalue weighted by molar-refractivity contribution is 5.78. The molecule has 2 atom stereocenters. The van der Waals surface area contributed by atoms with Gasteiger partial charge in [0.15, 0.2) is 0 Å². The first-order chi connectivity index (χ1) is 8.51. The standard InChI is InChI=1S/C13H26N2O3/c1-13(14-2,12(16)17)7-4-5-8-15-9-6-11(10-15)18-3/h11,14H,4-10H2,1-3H3,(H,16,17). The van der Waals surface area contributed by atoms with Crippen molar-refractivity contribution in [3.05, 3.63) is 0 Å². The summed E-state index contributed by atoms with van der Waals surface area (Å²) in [7, 11) is 3.47. The van der Waals surface area contributed by atoms with Gasteiger partial charge in [-0.2, -0.15) is 0 Å². The van der Waals surface area contributed by atoms with E-state index >= 15 is 0 Å². The Hall–Kier alpha value is -0.650. The number of methoxy groups -OCH3 is 1. The lowest BCUT2D eigenvalue weighted by atomic mass is 9.95. The average Bonchev–Trinajstić information content (AvgIpc) is 2.82. The lowest BCUT2D eigenvalue weighted by Crippen LogP contribution is -2.47. The summed E-state index contributed by atoms with van der Waals surface area (Å²) in [4.78, 5) is 13.5. The van der Waals surface area contributed by atoms with Gasteiger partial charge in [-0.15, -0.1) is 0 Å². The van der Waals surface area contributed by atoms with Gasteiger partial charge < -0.3 is 20.1 Å². The van der Waals surface area contributed by atoms with Gasteiger partial charge in [0, 0.05) is 20.2 Å². The summed E-state index contributed by atoms with van der Waals surface area (Å²) in [5.41, 5.74) is -0.792. The van der Waals surface area contributed by atoms with Crippen LogP contribution in [0.5, 0.6) is 0 Å². The van der Waals surface area contributed by atoms with Crippen molar-refractivity contribution in [2.45, 2.75) is 44.2 Å². The summed E-state index contributed by atoms with van der Waals surface area (Å²) >= 11 is 0. The number of likely N-dealkylation sites (N-methyl/N-ethyl adjacent to an activating group) is 1. The van der Waals surface area contributed by atoms with Crippen molar-refractivity contribution in [1.29, 1.82) is 0 Å². The number of ether oxygens (including phenoxy) is 1. The predicted octanol–water partition coefficient (Wildman–Crippen LogP) is 0.940. The second kappa shape index (κ2) is 7.07. The topological polar surface area (TPSA) is 61.8 Å². The fourth-order valence-corrected chi connectivity index (χ4v) is 2.35. The van der Waals surface area contributed by atoms with Gasteiger partial charge in [-0.25, -0.2) is 0 Å². The molecule has 0 aromatic heterocycles. The first-order valence-corrected chi connectivity index (χ1v) is 6.69. The minimum Gasteiger partial charge on any atom is -0.480 e. The third-order valence-corrected chi connectivity index (χ3v) is 3.99. The van der Waals surface area contributed by atoms with Gasteiger partial charge in [-0.1, -0.05) is 0 Å². The molecule has 0 amide bonds. The maximum atomic E-state index is 11.1. The average molecular weight is 258 g/mol. The molecular formula is C13H26N2O3. The first-order valence-electron chi connectivity index (χ1n) is 6.69. The van der Waals surface area contributed by atoms with E-state index in [9.17, 15) is 4.79 Å². The number of hydrogen-bond donors (Lipinski definition) is 2. The van der Waals surface area contributed by atoms with E-state index < -0.39 is 11.5 Å². The monoisotopic (exact) mass is 258 g/mol. The van der Waals surface area contributed by atoms with Crippen LogP contribution in [0.15, 0.2) is 0 Å². The van der Waals surface area contributed by atoms with Crippen LogP contribution in [0.2, 0.25) is 0 Å². The predicted molar refractivity (Wildman–Crippen MR) is 70.8 cm³/mol. The third-order valence-electron chi connectivity index (χ3n) is 3.99. The molecule has 0 aliphatic carbocycles. The second-order valence-electron chi connectivity index (χ2n) is 5.29. The number of carboxylic acids is 1. The minimum atomic E-state index is -0.792. The number of unbranched alkanes of at least 4 members (excludes halogenated alkanes) is 1. The van der Waals surface area contributed by atoms with Crippen LogP contribution in [-0.2, 0) is 9.53 Å². The van der Waals surface area contributed by atoms with E-state index in [1.165, 1.54) is 0 Å². The Balaban J connectivity index is 2.17. The number of hydrogen-bond acceptors (Lipinski definition) is 4. The highest BCUT2D eigenvalue weighted by Crippen LogP contribution is 2.16. The van der Waals surface area contributed by atoms with E-state index in [-0.39, 0.29) is 0 Å². The Morgan fingerprint density at radius 3 is 2.78 bits per heavy atom. The smallest absolute Gasteiger partial charge is 0.323 e. The van der Waals surface area contributed by atoms with Crippen LogP contribution in [-0.4, -0.2) is 61.4 Å². The zero-order chi connectivity index (χ0) is 13.6. The van der Waals surface area contributed by atoms with Gasteiger partial charge in [0.1, 0.15) is 5.54 Å². The maximum Gasteiger partial charge on any atom is 0.323 e. The zero-order valence-electron chi connectivity index (χ0n) is 11.7. The molecule has 2 unspecified atom stereocenters. The largest absolute Gasteiger partial charge is 0.480 e. The Labute approximate surface area is 109 Å². The molecule has 1 rings (SSSR count). The van der Waals surface area contributed by atoms with Gasteiger partial charge in [0.25, 0.3) is 0 Å². The number of aliphatic carboxylic acids is 1. The lowest BCUT2D eigenvalue weighted by Gasteiger charge is -2.24. The van der Waals surface area contributed by atoms with E-state index in [1.807, 2.05) is 0 Å². The van der Waals surface area contributed by atoms with Crippen molar-refractivity contribution >= 4 is 5.97 Å². The van der Waals surface area contributed by atoms with E-state index in [2.05, 4.69) is 10.2 Å². The number of nitrogens with one attached hydrogen (secondary N) is 1. The number of rotatable bonds is 8. The van der Waals surface area contributed by atoms with Crippen molar-refractivity contribution < 1.29 is 14.6 Å². The SMILES string of the molecule is CNC(C)(CCCCN1CCC(OC)C1)C(=O)O. The summed E-state index contributed by atoms with van der Waals surface area (Å²) in [5.74, 6) is -0.773. The lowest BCUT2D eigenvalue weighted by molar-refractivity contribution is -0.144. The summed E-state index contributed by atoms with van der Waals surface area (Å²) in [6.45, 7) is 4.89. The van der Waals surface area contributed by atoms with Crippen LogP contribution < -0.4 is 5.32 Å². The van der Waals surface area contributed by atoms with Gasteiger partial charge in [-0.3, -0.25) is 4.79 Å². The molecule has 0 radical (unpaired) electrons. The number of likely N-dealkylation sites (tertiary alicyclic amines) is 1. The molecule has 0 aromatic carbocycles. The molecule has 0 aromatic rings. The second-order valence-corrected chi connectivity index (χ2v) is 5.29. The molecule has 5 heteroatoms. The third kappa shape index (κ3) is 4.23. The quantitative estimate of drug-likeness (QED) is 0.635. The Kier molecular flexibility index (Phi) is 6.05. The van der Waals surface area contributed by atoms with E-state index in [0.29, 0.717) is 12.5 Å². The van der Waals surface area contributed by atoms with Crippen LogP contribution in [0.25, 0.3) is 0 Å². The number of carboxylic acid groups (broad SMARTS) is 1. The summed E-state index contributed by atoms with van der Waals surface area (Å²) in [6.07, 6.45) is 4.13. The Morgan fingerprint density at radius 1 is 1.56 bits per heavy atom. The highest BCUT2D eigenvalue weighted by atomic mass is 16.5. The minimum absolute atomic E-state index is 0.381. The van der Waals surface area contributed by atoms with Crippen molar-refractivity contribution in [1.82, 2.24) is 10.2 Å². The molecule has 18 heavy (non-hydrogen) atoms. The van der Waals surface area contributed by atoms with Gasteiger partial charge >= 0.3 is 5.97 Å². The molecular weight excluding hydrogens is 232 g/mol. The normalized spacial score (nSPS) is 24.1. The van der Waals surface area contributed by atoms with E-state index in [0.717, 1.165) is 38.9 Å². The van der Waals surface area contributed by atoms with Crippen molar-refractivity contribution in [2.24, 2.45) is 0 Å². The molecule has 1 aliphatic rings. The zero-order valence-corrected chi connectivity index (χ0v) is 11.7. The van der Waals surface area contributed by atoms with E-state index in [4.69, 9.17) is 9.84 Å². The summed E-state index contributed by atoms with van der Waals surface area (Å²) in [6, 6.07) is 0. The molecule has 1 heterocycles. The van der Waals surface area contributed by atoms with E-state index in [1.54, 1.807) is 21.1 Å². The van der Waals surface area contributed by atoms with Crippen LogP contribution in [0, 0.1) is 0 Å². The van der Waals surface area contributed by atoms with Crippen LogP contribution in [0.4, 0.5) is 0 Å². The van der Waals surface area contributed by atoms with Crippen molar-refractivity contribution in [2.75, 3.05) is 33.8 Å². The van der Waals surface area contributed by atoms with Crippen LogP contribution >= 0.6 is 0 Å². The molecule has 0 bridgehead atoms. The van der Waals surface area contributed by atoms with Crippen molar-refractivity contribution in [3.63, 3.8) is 0 Å². The Bertz CT molecular complexity index is 273. The van der Waals surface area contributed by atoms with Gasteiger partial charge in [-0.05, 0) is 46.2 Å². The molecule has 1 saturated heterocycles. The maximum absolute atomic E-state index is 11.1. The Morgan fingerprint density at radius 2 is 2.28 bits per heavy atom. The number of carbonyl (C=O) groups is 1. The summed E-state index contributed by atoms with van der Waals surface area (Å²) < 4.78 is 5.32. The molecule has 1 aliphatic heterocycles. The molecule has 1 fully saturated rings. The molecule has 106 valence electrons.